The smallest absolute Gasteiger partial charge is 0.250 e. The SMILES string of the molecule is Oc1cc(-c2nnco2)c(F)cc1-c1ccc(O[C@@H]2CC3CCCC(N3)[C@@H]2F)nn1. The number of rotatable bonds is 4. The highest BCUT2D eigenvalue weighted by Gasteiger charge is 2.41. The minimum Gasteiger partial charge on any atom is -0.507 e. The summed E-state index contributed by atoms with van der Waals surface area (Å²) in [5.74, 6) is -0.733. The Morgan fingerprint density at radius 3 is 2.80 bits per heavy atom. The van der Waals surface area contributed by atoms with E-state index in [1.54, 1.807) is 6.07 Å². The van der Waals surface area contributed by atoms with Crippen molar-refractivity contribution in [2.75, 3.05) is 0 Å². The second-order valence-corrected chi connectivity index (χ2v) is 7.59. The number of nitrogens with zero attached hydrogens (tertiary/aromatic N) is 4. The Labute approximate surface area is 170 Å². The van der Waals surface area contributed by atoms with Crippen LogP contribution in [0.15, 0.2) is 35.1 Å². The first-order valence-electron chi connectivity index (χ1n) is 9.78. The highest BCUT2D eigenvalue weighted by atomic mass is 19.1. The zero-order valence-corrected chi connectivity index (χ0v) is 15.8. The normalized spacial score (nSPS) is 25.8. The summed E-state index contributed by atoms with van der Waals surface area (Å²) >= 11 is 0. The molecule has 2 N–H and O–H groups in total. The molecule has 0 radical (unpaired) electrons. The molecule has 4 atom stereocenters. The summed E-state index contributed by atoms with van der Waals surface area (Å²) in [4.78, 5) is 0. The summed E-state index contributed by atoms with van der Waals surface area (Å²) in [5, 5.41) is 28.8. The third-order valence-electron chi connectivity index (χ3n) is 5.64. The van der Waals surface area contributed by atoms with Crippen LogP contribution in [0, 0.1) is 5.82 Å². The van der Waals surface area contributed by atoms with E-state index < -0.39 is 18.1 Å². The molecule has 0 aliphatic carbocycles. The van der Waals surface area contributed by atoms with E-state index in [1.165, 1.54) is 12.1 Å². The van der Waals surface area contributed by atoms with Crippen molar-refractivity contribution in [2.45, 2.75) is 50.0 Å². The molecule has 30 heavy (non-hydrogen) atoms. The van der Waals surface area contributed by atoms with E-state index in [4.69, 9.17) is 9.15 Å². The molecule has 10 heteroatoms. The molecule has 4 heterocycles. The average Bonchev–Trinajstić information content (AvgIpc) is 3.29. The molecule has 0 amide bonds. The molecular formula is C20H19F2N5O3. The van der Waals surface area contributed by atoms with Crippen LogP contribution in [0.4, 0.5) is 8.78 Å². The maximum atomic E-state index is 14.7. The second-order valence-electron chi connectivity index (χ2n) is 7.59. The van der Waals surface area contributed by atoms with Gasteiger partial charge in [-0.3, -0.25) is 0 Å². The van der Waals surface area contributed by atoms with Crippen molar-refractivity contribution in [3.63, 3.8) is 0 Å². The Morgan fingerprint density at radius 2 is 2.03 bits per heavy atom. The Morgan fingerprint density at radius 1 is 1.13 bits per heavy atom. The van der Waals surface area contributed by atoms with Gasteiger partial charge in [0.2, 0.25) is 12.3 Å². The highest BCUT2D eigenvalue weighted by molar-refractivity contribution is 5.71. The maximum Gasteiger partial charge on any atom is 0.250 e. The summed E-state index contributed by atoms with van der Waals surface area (Å²) in [6.45, 7) is 0. The number of aromatic nitrogens is 4. The van der Waals surface area contributed by atoms with Gasteiger partial charge in [-0.05, 0) is 31.0 Å². The fraction of sp³-hybridized carbons (Fsp3) is 0.400. The van der Waals surface area contributed by atoms with E-state index in [2.05, 4.69) is 25.7 Å². The standard InChI is InChI=1S/C20H19F2N5O3/c21-13-7-12(16(28)8-11(13)20-27-23-9-29-20)14-4-5-18(26-25-14)30-17-6-10-2-1-3-15(24-10)19(17)22/h4-5,7-10,15,17,19,24,28H,1-3,6H2/t10?,15?,17-,19+/m1/s1. The lowest BCUT2D eigenvalue weighted by Crippen LogP contribution is -2.59. The molecule has 2 aliphatic rings. The number of piperidine rings is 2. The summed E-state index contributed by atoms with van der Waals surface area (Å²) in [6.07, 6.45) is 2.78. The van der Waals surface area contributed by atoms with Crippen molar-refractivity contribution in [1.82, 2.24) is 25.7 Å². The molecule has 2 fully saturated rings. The average molecular weight is 415 g/mol. The van der Waals surface area contributed by atoms with Crippen molar-refractivity contribution < 1.29 is 23.0 Å². The van der Waals surface area contributed by atoms with E-state index in [-0.39, 0.29) is 46.4 Å². The summed E-state index contributed by atoms with van der Waals surface area (Å²) < 4.78 is 39.9. The predicted molar refractivity (Wildman–Crippen MR) is 101 cm³/mol. The Bertz CT molecular complexity index is 1030. The van der Waals surface area contributed by atoms with Gasteiger partial charge in [0.15, 0.2) is 6.17 Å². The van der Waals surface area contributed by atoms with Gasteiger partial charge in [-0.1, -0.05) is 6.42 Å². The molecule has 8 nitrogen and oxygen atoms in total. The lowest BCUT2D eigenvalue weighted by molar-refractivity contribution is 0.00652. The molecule has 2 bridgehead atoms. The molecule has 2 unspecified atom stereocenters. The molecule has 2 aliphatic heterocycles. The number of hydrogen-bond acceptors (Lipinski definition) is 8. The van der Waals surface area contributed by atoms with Gasteiger partial charge in [0.05, 0.1) is 11.3 Å². The van der Waals surface area contributed by atoms with Crippen LogP contribution < -0.4 is 10.1 Å². The number of halogens is 2. The fourth-order valence-electron chi connectivity index (χ4n) is 4.18. The Balaban J connectivity index is 1.35. The van der Waals surface area contributed by atoms with Gasteiger partial charge in [0, 0.05) is 30.1 Å². The summed E-state index contributed by atoms with van der Waals surface area (Å²) in [5.41, 5.74) is 0.372. The predicted octanol–water partition coefficient (Wildman–Crippen LogP) is 3.04. The zero-order valence-electron chi connectivity index (χ0n) is 15.8. The van der Waals surface area contributed by atoms with Crippen LogP contribution in [-0.4, -0.2) is 49.9 Å². The first-order chi connectivity index (χ1) is 14.6. The first-order valence-corrected chi connectivity index (χ1v) is 9.78. The van der Waals surface area contributed by atoms with Gasteiger partial charge in [-0.15, -0.1) is 20.4 Å². The molecule has 2 aromatic heterocycles. The lowest BCUT2D eigenvalue weighted by atomic mass is 9.84. The van der Waals surface area contributed by atoms with Crippen LogP contribution in [-0.2, 0) is 0 Å². The quantitative estimate of drug-likeness (QED) is 0.670. The maximum absolute atomic E-state index is 14.7. The van der Waals surface area contributed by atoms with Gasteiger partial charge >= 0.3 is 0 Å². The number of alkyl halides is 1. The highest BCUT2D eigenvalue weighted by Crippen LogP contribution is 2.35. The van der Waals surface area contributed by atoms with Crippen molar-refractivity contribution in [2.24, 2.45) is 0 Å². The number of phenols is 1. The molecular weight excluding hydrogens is 396 g/mol. The molecule has 2 saturated heterocycles. The Kier molecular flexibility index (Phi) is 4.78. The third kappa shape index (κ3) is 3.47. The summed E-state index contributed by atoms with van der Waals surface area (Å²) in [7, 11) is 0. The van der Waals surface area contributed by atoms with E-state index in [9.17, 15) is 13.9 Å². The monoisotopic (exact) mass is 415 g/mol. The number of aromatic hydroxyl groups is 1. The van der Waals surface area contributed by atoms with Gasteiger partial charge < -0.3 is 19.6 Å². The second kappa shape index (κ2) is 7.60. The van der Waals surface area contributed by atoms with Gasteiger partial charge in [0.25, 0.3) is 5.89 Å². The zero-order chi connectivity index (χ0) is 20.7. The molecule has 5 rings (SSSR count). The first kappa shape index (κ1) is 18.9. The van der Waals surface area contributed by atoms with Crippen LogP contribution in [0.25, 0.3) is 22.7 Å². The van der Waals surface area contributed by atoms with E-state index in [0.717, 1.165) is 31.7 Å². The van der Waals surface area contributed by atoms with Gasteiger partial charge in [0.1, 0.15) is 17.7 Å². The molecule has 1 aromatic carbocycles. The number of phenolic OH excluding ortho intramolecular Hbond substituents is 1. The van der Waals surface area contributed by atoms with Crippen LogP contribution in [0.1, 0.15) is 25.7 Å². The molecule has 0 saturated carbocycles. The Hall–Kier alpha value is -3.14. The lowest BCUT2D eigenvalue weighted by Gasteiger charge is -2.42. The van der Waals surface area contributed by atoms with E-state index >= 15 is 0 Å². The largest absolute Gasteiger partial charge is 0.507 e. The minimum atomic E-state index is -1.11. The number of ether oxygens (including phenoxy) is 1. The number of fused-ring (bicyclic) bond motifs is 2. The van der Waals surface area contributed by atoms with Gasteiger partial charge in [-0.25, -0.2) is 8.78 Å². The minimum absolute atomic E-state index is 0.0212. The number of hydrogen-bond donors (Lipinski definition) is 2. The topological polar surface area (TPSA) is 106 Å². The van der Waals surface area contributed by atoms with Crippen molar-refractivity contribution in [3.05, 3.63) is 36.5 Å². The fourth-order valence-corrected chi connectivity index (χ4v) is 4.18. The number of nitrogens with one attached hydrogen (secondary N) is 1. The van der Waals surface area contributed by atoms with Crippen molar-refractivity contribution in [3.8, 4) is 34.3 Å². The number of benzene rings is 1. The van der Waals surface area contributed by atoms with Crippen LogP contribution >= 0.6 is 0 Å². The molecule has 3 aromatic rings. The summed E-state index contributed by atoms with van der Waals surface area (Å²) in [6, 6.07) is 5.45. The van der Waals surface area contributed by atoms with Gasteiger partial charge in [-0.2, -0.15) is 0 Å². The molecule has 0 spiro atoms. The van der Waals surface area contributed by atoms with Crippen LogP contribution in [0.3, 0.4) is 0 Å². The van der Waals surface area contributed by atoms with Crippen LogP contribution in [0.5, 0.6) is 11.6 Å². The van der Waals surface area contributed by atoms with E-state index in [0.29, 0.717) is 6.42 Å². The molecule has 156 valence electrons. The van der Waals surface area contributed by atoms with Crippen molar-refractivity contribution >= 4 is 0 Å². The van der Waals surface area contributed by atoms with Crippen LogP contribution in [0.2, 0.25) is 0 Å². The van der Waals surface area contributed by atoms with E-state index in [1.807, 2.05) is 0 Å². The third-order valence-corrected chi connectivity index (χ3v) is 5.64. The van der Waals surface area contributed by atoms with Crippen molar-refractivity contribution in [1.29, 1.82) is 0 Å².